The summed E-state index contributed by atoms with van der Waals surface area (Å²) < 4.78 is 0. The van der Waals surface area contributed by atoms with E-state index >= 15 is 0 Å². The van der Waals surface area contributed by atoms with Gasteiger partial charge >= 0.3 is 0 Å². The van der Waals surface area contributed by atoms with Crippen LogP contribution in [-0.4, -0.2) is 37.3 Å². The van der Waals surface area contributed by atoms with Gasteiger partial charge in [-0.3, -0.25) is 0 Å². The maximum Gasteiger partial charge on any atom is 0.0205 e. The standard InChI is InChI=1S/C16H26N2S/c1-14(13-18-9-3-4-10-18)11-17-12-15-5-7-16(19-2)8-6-15/h5-8,14,17H,3-4,9-13H2,1-2H3. The van der Waals surface area contributed by atoms with Crippen molar-refractivity contribution < 1.29 is 0 Å². The maximum atomic E-state index is 3.58. The van der Waals surface area contributed by atoms with Gasteiger partial charge in [0.15, 0.2) is 0 Å². The lowest BCUT2D eigenvalue weighted by molar-refractivity contribution is 0.282. The van der Waals surface area contributed by atoms with Gasteiger partial charge in [0.25, 0.3) is 0 Å². The highest BCUT2D eigenvalue weighted by atomic mass is 32.2. The fraction of sp³-hybridized carbons (Fsp3) is 0.625. The molecule has 3 heteroatoms. The van der Waals surface area contributed by atoms with Crippen LogP contribution in [0, 0.1) is 5.92 Å². The van der Waals surface area contributed by atoms with Crippen LogP contribution in [0.2, 0.25) is 0 Å². The number of benzene rings is 1. The molecule has 106 valence electrons. The Morgan fingerprint density at radius 1 is 1.21 bits per heavy atom. The highest BCUT2D eigenvalue weighted by Crippen LogP contribution is 2.15. The smallest absolute Gasteiger partial charge is 0.0205 e. The Labute approximate surface area is 122 Å². The summed E-state index contributed by atoms with van der Waals surface area (Å²) in [5, 5.41) is 3.58. The van der Waals surface area contributed by atoms with Crippen LogP contribution in [0.25, 0.3) is 0 Å². The molecule has 0 bridgehead atoms. The number of hydrogen-bond acceptors (Lipinski definition) is 3. The van der Waals surface area contributed by atoms with Gasteiger partial charge in [-0.1, -0.05) is 19.1 Å². The molecule has 19 heavy (non-hydrogen) atoms. The van der Waals surface area contributed by atoms with E-state index in [1.165, 1.54) is 42.9 Å². The van der Waals surface area contributed by atoms with E-state index in [0.717, 1.165) is 19.0 Å². The highest BCUT2D eigenvalue weighted by Gasteiger charge is 2.14. The molecule has 1 unspecified atom stereocenters. The Morgan fingerprint density at radius 3 is 2.53 bits per heavy atom. The fourth-order valence-corrected chi connectivity index (χ4v) is 3.09. The SMILES string of the molecule is CSc1ccc(CNCC(C)CN2CCCC2)cc1. The third-order valence-corrected chi connectivity index (χ3v) is 4.49. The van der Waals surface area contributed by atoms with Gasteiger partial charge in [0.2, 0.25) is 0 Å². The zero-order valence-corrected chi connectivity index (χ0v) is 13.0. The van der Waals surface area contributed by atoms with E-state index in [9.17, 15) is 0 Å². The van der Waals surface area contributed by atoms with E-state index < -0.39 is 0 Å². The van der Waals surface area contributed by atoms with E-state index in [-0.39, 0.29) is 0 Å². The Kier molecular flexibility index (Phi) is 6.21. The molecule has 0 aliphatic carbocycles. The third kappa shape index (κ3) is 5.17. The second-order valence-corrected chi connectivity index (χ2v) is 6.47. The molecule has 1 aromatic carbocycles. The predicted octanol–water partition coefficient (Wildman–Crippen LogP) is 3.23. The Balaban J connectivity index is 1.64. The second kappa shape index (κ2) is 7.93. The number of nitrogens with one attached hydrogen (secondary N) is 1. The fourth-order valence-electron chi connectivity index (χ4n) is 2.68. The topological polar surface area (TPSA) is 15.3 Å². The lowest BCUT2D eigenvalue weighted by Gasteiger charge is -2.20. The van der Waals surface area contributed by atoms with Crippen molar-refractivity contribution in [3.8, 4) is 0 Å². The molecule has 0 saturated carbocycles. The van der Waals surface area contributed by atoms with Gasteiger partial charge in [0.05, 0.1) is 0 Å². The van der Waals surface area contributed by atoms with Gasteiger partial charge in [-0.2, -0.15) is 0 Å². The molecule has 0 spiro atoms. The normalized spacial score (nSPS) is 17.8. The monoisotopic (exact) mass is 278 g/mol. The first-order valence-corrected chi connectivity index (χ1v) is 8.56. The van der Waals surface area contributed by atoms with Crippen molar-refractivity contribution >= 4 is 11.8 Å². The number of hydrogen-bond donors (Lipinski definition) is 1. The number of nitrogens with zero attached hydrogens (tertiary/aromatic N) is 1. The van der Waals surface area contributed by atoms with Crippen molar-refractivity contribution in [1.29, 1.82) is 0 Å². The molecule has 2 rings (SSSR count). The summed E-state index contributed by atoms with van der Waals surface area (Å²) in [5.74, 6) is 0.739. The van der Waals surface area contributed by atoms with E-state index in [1.54, 1.807) is 11.8 Å². The van der Waals surface area contributed by atoms with Crippen molar-refractivity contribution in [3.63, 3.8) is 0 Å². The van der Waals surface area contributed by atoms with E-state index in [0.29, 0.717) is 0 Å². The molecular weight excluding hydrogens is 252 g/mol. The lowest BCUT2D eigenvalue weighted by atomic mass is 10.1. The summed E-state index contributed by atoms with van der Waals surface area (Å²) in [5.41, 5.74) is 1.38. The van der Waals surface area contributed by atoms with Crippen molar-refractivity contribution in [2.45, 2.75) is 31.2 Å². The van der Waals surface area contributed by atoms with E-state index in [1.807, 2.05) is 0 Å². The van der Waals surface area contributed by atoms with Gasteiger partial charge in [0, 0.05) is 18.0 Å². The summed E-state index contributed by atoms with van der Waals surface area (Å²) in [4.78, 5) is 3.94. The van der Waals surface area contributed by atoms with Crippen LogP contribution in [0.4, 0.5) is 0 Å². The van der Waals surface area contributed by atoms with Crippen LogP contribution in [0.15, 0.2) is 29.2 Å². The molecule has 2 nitrogen and oxygen atoms in total. The molecule has 1 aliphatic rings. The predicted molar refractivity (Wildman–Crippen MR) is 84.8 cm³/mol. The zero-order valence-electron chi connectivity index (χ0n) is 12.2. The van der Waals surface area contributed by atoms with Crippen LogP contribution < -0.4 is 5.32 Å². The van der Waals surface area contributed by atoms with Gasteiger partial charge < -0.3 is 10.2 Å². The zero-order chi connectivity index (χ0) is 13.5. The molecule has 1 N–H and O–H groups in total. The first-order valence-electron chi connectivity index (χ1n) is 7.34. The van der Waals surface area contributed by atoms with E-state index in [4.69, 9.17) is 0 Å². The van der Waals surface area contributed by atoms with Crippen LogP contribution in [0.1, 0.15) is 25.3 Å². The van der Waals surface area contributed by atoms with Crippen molar-refractivity contribution in [1.82, 2.24) is 10.2 Å². The Hall–Kier alpha value is -0.510. The van der Waals surface area contributed by atoms with E-state index in [2.05, 4.69) is 47.7 Å². The third-order valence-electron chi connectivity index (χ3n) is 3.75. The van der Waals surface area contributed by atoms with Gasteiger partial charge in [0.1, 0.15) is 0 Å². The second-order valence-electron chi connectivity index (χ2n) is 5.59. The molecule has 0 aromatic heterocycles. The summed E-state index contributed by atoms with van der Waals surface area (Å²) in [7, 11) is 0. The van der Waals surface area contributed by atoms with Crippen molar-refractivity contribution in [3.05, 3.63) is 29.8 Å². The molecule has 1 heterocycles. The number of rotatable bonds is 7. The lowest BCUT2D eigenvalue weighted by Crippen LogP contribution is -2.31. The van der Waals surface area contributed by atoms with Gasteiger partial charge in [-0.25, -0.2) is 0 Å². The largest absolute Gasteiger partial charge is 0.312 e. The molecular formula is C16H26N2S. The maximum absolute atomic E-state index is 3.58. The summed E-state index contributed by atoms with van der Waals surface area (Å²) in [6.07, 6.45) is 4.90. The first-order chi connectivity index (χ1) is 9.28. The van der Waals surface area contributed by atoms with Crippen LogP contribution in [-0.2, 0) is 6.54 Å². The first kappa shape index (κ1) is 14.9. The average molecular weight is 278 g/mol. The Bertz CT molecular complexity index is 358. The van der Waals surface area contributed by atoms with Crippen LogP contribution in [0.3, 0.4) is 0 Å². The highest BCUT2D eigenvalue weighted by molar-refractivity contribution is 7.98. The summed E-state index contributed by atoms with van der Waals surface area (Å²) >= 11 is 1.80. The van der Waals surface area contributed by atoms with Crippen LogP contribution >= 0.6 is 11.8 Å². The molecule has 1 fully saturated rings. The van der Waals surface area contributed by atoms with Crippen molar-refractivity contribution in [2.75, 3.05) is 32.4 Å². The number of thioether (sulfide) groups is 1. The molecule has 1 aromatic rings. The summed E-state index contributed by atoms with van der Waals surface area (Å²) in [6.45, 7) is 8.31. The quantitative estimate of drug-likeness (QED) is 0.771. The van der Waals surface area contributed by atoms with Gasteiger partial charge in [-0.15, -0.1) is 11.8 Å². The van der Waals surface area contributed by atoms with Crippen molar-refractivity contribution in [2.24, 2.45) is 5.92 Å². The minimum atomic E-state index is 0.739. The number of likely N-dealkylation sites (tertiary alicyclic amines) is 1. The molecule has 1 saturated heterocycles. The molecule has 0 radical (unpaired) electrons. The van der Waals surface area contributed by atoms with Gasteiger partial charge in [-0.05, 0) is 62.3 Å². The average Bonchev–Trinajstić information content (AvgIpc) is 2.92. The molecule has 1 aliphatic heterocycles. The molecule has 1 atom stereocenters. The molecule has 0 amide bonds. The van der Waals surface area contributed by atoms with Crippen LogP contribution in [0.5, 0.6) is 0 Å². The minimum absolute atomic E-state index is 0.739. The minimum Gasteiger partial charge on any atom is -0.312 e. The Morgan fingerprint density at radius 2 is 1.89 bits per heavy atom. The summed E-state index contributed by atoms with van der Waals surface area (Å²) in [6, 6.07) is 8.86.